The maximum Gasteiger partial charge on any atom is 0.417 e. The predicted molar refractivity (Wildman–Crippen MR) is 50.5 cm³/mol. The van der Waals surface area contributed by atoms with Crippen molar-refractivity contribution in [3.63, 3.8) is 0 Å². The predicted octanol–water partition coefficient (Wildman–Crippen LogP) is 2.35. The van der Waals surface area contributed by atoms with E-state index in [9.17, 15) is 18.3 Å². The average Bonchev–Trinajstić information content (AvgIpc) is 2.14. The van der Waals surface area contributed by atoms with Crippen molar-refractivity contribution in [2.45, 2.75) is 12.3 Å². The Morgan fingerprint density at radius 2 is 2.00 bits per heavy atom. The summed E-state index contributed by atoms with van der Waals surface area (Å²) in [6.07, 6.45) is -5.48. The topological polar surface area (TPSA) is 46.2 Å². The molecule has 1 unspecified atom stereocenters. The number of aliphatic hydroxyl groups excluding tert-OH is 1. The van der Waals surface area contributed by atoms with Crippen LogP contribution < -0.4 is 5.73 Å². The Labute approximate surface area is 89.5 Å². The number of halogens is 4. The first-order valence-corrected chi connectivity index (χ1v) is 4.49. The van der Waals surface area contributed by atoms with Gasteiger partial charge in [-0.25, -0.2) is 0 Å². The minimum absolute atomic E-state index is 0.0678. The Balaban J connectivity index is 3.09. The van der Waals surface area contributed by atoms with Crippen LogP contribution in [0.2, 0.25) is 5.02 Å². The Morgan fingerprint density at radius 1 is 1.40 bits per heavy atom. The van der Waals surface area contributed by atoms with Crippen LogP contribution in [-0.4, -0.2) is 11.7 Å². The number of hydrogen-bond donors (Lipinski definition) is 2. The molecule has 0 radical (unpaired) electrons. The van der Waals surface area contributed by atoms with Gasteiger partial charge in [0.2, 0.25) is 0 Å². The van der Waals surface area contributed by atoms with E-state index < -0.39 is 22.9 Å². The lowest BCUT2D eigenvalue weighted by atomic mass is 10.1. The Bertz CT molecular complexity index is 354. The molecule has 0 fully saturated rings. The lowest BCUT2D eigenvalue weighted by molar-refractivity contribution is -0.137. The van der Waals surface area contributed by atoms with Crippen molar-refractivity contribution in [3.05, 3.63) is 34.3 Å². The molecule has 0 heterocycles. The third-order valence-corrected chi connectivity index (χ3v) is 2.22. The van der Waals surface area contributed by atoms with Crippen molar-refractivity contribution >= 4 is 11.6 Å². The van der Waals surface area contributed by atoms with E-state index >= 15 is 0 Å². The highest BCUT2D eigenvalue weighted by atomic mass is 35.5. The molecule has 2 nitrogen and oxygen atoms in total. The van der Waals surface area contributed by atoms with Gasteiger partial charge in [-0.3, -0.25) is 0 Å². The molecule has 0 aliphatic heterocycles. The number of aliphatic hydroxyl groups is 1. The maximum atomic E-state index is 12.3. The van der Waals surface area contributed by atoms with Crippen molar-refractivity contribution in [1.82, 2.24) is 0 Å². The molecule has 0 amide bonds. The zero-order chi connectivity index (χ0) is 11.6. The number of alkyl halides is 3. The Morgan fingerprint density at radius 3 is 2.40 bits per heavy atom. The largest absolute Gasteiger partial charge is 0.417 e. The summed E-state index contributed by atoms with van der Waals surface area (Å²) in [4.78, 5) is 0. The molecule has 0 aromatic heterocycles. The number of rotatable bonds is 2. The zero-order valence-corrected chi connectivity index (χ0v) is 8.31. The van der Waals surface area contributed by atoms with Gasteiger partial charge >= 0.3 is 6.18 Å². The lowest BCUT2D eigenvalue weighted by Gasteiger charge is -2.12. The van der Waals surface area contributed by atoms with Crippen LogP contribution in [-0.2, 0) is 6.18 Å². The second-order valence-corrected chi connectivity index (χ2v) is 3.40. The average molecular weight is 240 g/mol. The Kier molecular flexibility index (Phi) is 3.59. The van der Waals surface area contributed by atoms with E-state index in [1.807, 2.05) is 0 Å². The van der Waals surface area contributed by atoms with Crippen LogP contribution >= 0.6 is 11.6 Å². The van der Waals surface area contributed by atoms with Crippen LogP contribution in [0.3, 0.4) is 0 Å². The monoisotopic (exact) mass is 239 g/mol. The van der Waals surface area contributed by atoms with Crippen LogP contribution in [0, 0.1) is 0 Å². The summed E-state index contributed by atoms with van der Waals surface area (Å²) in [5, 5.41) is 8.85. The van der Waals surface area contributed by atoms with E-state index in [0.717, 1.165) is 18.2 Å². The number of hydrogen-bond acceptors (Lipinski definition) is 2. The summed E-state index contributed by atoms with van der Waals surface area (Å²) in [6.45, 7) is -0.0678. The second-order valence-electron chi connectivity index (χ2n) is 2.99. The van der Waals surface area contributed by atoms with E-state index in [1.165, 1.54) is 0 Å². The first-order valence-electron chi connectivity index (χ1n) is 4.11. The summed E-state index contributed by atoms with van der Waals surface area (Å²) in [5.74, 6) is 0. The van der Waals surface area contributed by atoms with Crippen molar-refractivity contribution in [1.29, 1.82) is 0 Å². The molecule has 0 bridgehead atoms. The van der Waals surface area contributed by atoms with Gasteiger partial charge in [-0.1, -0.05) is 17.7 Å². The molecular formula is C9H9ClF3NO. The molecule has 0 spiro atoms. The molecule has 0 saturated heterocycles. The molecule has 1 aromatic carbocycles. The standard InChI is InChI=1S/C9H9ClF3NO/c10-7-3-5(8(15)4-14)1-2-6(7)9(11,12)13/h1-3,8,15H,4,14H2. The molecule has 6 heteroatoms. The second kappa shape index (κ2) is 4.38. The van der Waals surface area contributed by atoms with Gasteiger partial charge in [0, 0.05) is 6.54 Å². The van der Waals surface area contributed by atoms with Gasteiger partial charge < -0.3 is 10.8 Å². The highest BCUT2D eigenvalue weighted by Gasteiger charge is 2.33. The molecule has 3 N–H and O–H groups in total. The minimum Gasteiger partial charge on any atom is -0.387 e. The maximum absolute atomic E-state index is 12.3. The van der Waals surface area contributed by atoms with Gasteiger partial charge in [0.15, 0.2) is 0 Å². The van der Waals surface area contributed by atoms with Gasteiger partial charge in [-0.05, 0) is 17.7 Å². The van der Waals surface area contributed by atoms with Crippen molar-refractivity contribution in [3.8, 4) is 0 Å². The fourth-order valence-electron chi connectivity index (χ4n) is 1.10. The van der Waals surface area contributed by atoms with Crippen LogP contribution in [0.1, 0.15) is 17.2 Å². The molecule has 84 valence electrons. The summed E-state index contributed by atoms with van der Waals surface area (Å²) >= 11 is 5.44. The Hall–Kier alpha value is -0.780. The van der Waals surface area contributed by atoms with Crippen LogP contribution in [0.4, 0.5) is 13.2 Å². The summed E-state index contributed by atoms with van der Waals surface area (Å²) in [7, 11) is 0. The summed E-state index contributed by atoms with van der Waals surface area (Å²) in [5.41, 5.74) is 4.52. The van der Waals surface area contributed by atoms with Gasteiger partial charge in [0.1, 0.15) is 0 Å². The highest BCUT2D eigenvalue weighted by Crippen LogP contribution is 2.35. The fourth-order valence-corrected chi connectivity index (χ4v) is 1.40. The van der Waals surface area contributed by atoms with E-state index in [0.29, 0.717) is 0 Å². The molecule has 0 aliphatic carbocycles. The van der Waals surface area contributed by atoms with E-state index in [-0.39, 0.29) is 12.1 Å². The molecule has 1 rings (SSSR count). The van der Waals surface area contributed by atoms with E-state index in [1.54, 1.807) is 0 Å². The molecule has 15 heavy (non-hydrogen) atoms. The van der Waals surface area contributed by atoms with E-state index in [4.69, 9.17) is 17.3 Å². The first kappa shape index (κ1) is 12.3. The van der Waals surface area contributed by atoms with Crippen molar-refractivity contribution in [2.24, 2.45) is 5.73 Å². The SMILES string of the molecule is NCC(O)c1ccc(C(F)(F)F)c(Cl)c1. The van der Waals surface area contributed by atoms with Gasteiger partial charge in [0.05, 0.1) is 16.7 Å². The zero-order valence-electron chi connectivity index (χ0n) is 7.55. The highest BCUT2D eigenvalue weighted by molar-refractivity contribution is 6.31. The van der Waals surface area contributed by atoms with Gasteiger partial charge in [-0.2, -0.15) is 13.2 Å². The van der Waals surface area contributed by atoms with E-state index in [2.05, 4.69) is 0 Å². The number of nitrogens with two attached hydrogens (primary N) is 1. The summed E-state index contributed by atoms with van der Waals surface area (Å²) in [6, 6.07) is 3.06. The minimum atomic E-state index is -4.48. The van der Waals surface area contributed by atoms with Crippen LogP contribution in [0.5, 0.6) is 0 Å². The molecular weight excluding hydrogens is 231 g/mol. The van der Waals surface area contributed by atoms with Gasteiger partial charge in [-0.15, -0.1) is 0 Å². The molecule has 0 aliphatic rings. The van der Waals surface area contributed by atoms with Crippen molar-refractivity contribution < 1.29 is 18.3 Å². The first-order chi connectivity index (χ1) is 6.86. The third kappa shape index (κ3) is 2.84. The molecule has 1 atom stereocenters. The molecule has 1 aromatic rings. The smallest absolute Gasteiger partial charge is 0.387 e. The third-order valence-electron chi connectivity index (χ3n) is 1.91. The number of benzene rings is 1. The fraction of sp³-hybridized carbons (Fsp3) is 0.333. The molecule has 0 saturated carbocycles. The van der Waals surface area contributed by atoms with Crippen LogP contribution in [0.25, 0.3) is 0 Å². The van der Waals surface area contributed by atoms with Gasteiger partial charge in [0.25, 0.3) is 0 Å². The quantitative estimate of drug-likeness (QED) is 0.832. The summed E-state index contributed by atoms with van der Waals surface area (Å²) < 4.78 is 36.9. The van der Waals surface area contributed by atoms with Crippen molar-refractivity contribution in [2.75, 3.05) is 6.54 Å². The van der Waals surface area contributed by atoms with Crippen LogP contribution in [0.15, 0.2) is 18.2 Å². The normalized spacial score (nSPS) is 14.0. The lowest BCUT2D eigenvalue weighted by Crippen LogP contribution is -2.12.